The Morgan fingerprint density at radius 3 is 2.97 bits per heavy atom. The van der Waals surface area contributed by atoms with E-state index in [1.54, 1.807) is 35.0 Å². The second-order valence-corrected chi connectivity index (χ2v) is 10.1. The number of imidazole rings is 1. The molecule has 2 N–H and O–H groups in total. The molecule has 5 heterocycles. The number of benzene rings is 1. The highest BCUT2D eigenvalue weighted by molar-refractivity contribution is 7.15. The number of pyridine rings is 1. The van der Waals surface area contributed by atoms with Crippen LogP contribution in [0.5, 0.6) is 0 Å². The molecule has 6 rings (SSSR count). The van der Waals surface area contributed by atoms with E-state index < -0.39 is 0 Å². The lowest BCUT2D eigenvalue weighted by molar-refractivity contribution is 0.0730. The summed E-state index contributed by atoms with van der Waals surface area (Å²) in [6.45, 7) is 2.31. The SMILES string of the molecule is N#Cc1ccc2nc(C(=O)N3CCC[C@@H]3c3cccc(C(=O)Nc4nc5c(s4)CNCC5)c3)cn2c1. The number of nitrogens with one attached hydrogen (secondary N) is 2. The maximum absolute atomic E-state index is 13.4. The van der Waals surface area contributed by atoms with E-state index in [9.17, 15) is 9.59 Å². The van der Waals surface area contributed by atoms with Crippen molar-refractivity contribution < 1.29 is 9.59 Å². The van der Waals surface area contributed by atoms with Crippen molar-refractivity contribution in [1.82, 2.24) is 24.6 Å². The summed E-state index contributed by atoms with van der Waals surface area (Å²) in [5, 5.41) is 16.0. The molecule has 1 fully saturated rings. The van der Waals surface area contributed by atoms with Crippen LogP contribution in [0.25, 0.3) is 5.65 Å². The lowest BCUT2D eigenvalue weighted by Gasteiger charge is -2.24. The first-order valence-electron chi connectivity index (χ1n) is 11.9. The van der Waals surface area contributed by atoms with Crippen molar-refractivity contribution in [2.45, 2.75) is 31.8 Å². The molecule has 2 aliphatic rings. The number of carbonyl (C=O) groups excluding carboxylic acids is 2. The molecule has 2 aliphatic heterocycles. The molecule has 10 heteroatoms. The number of carbonyl (C=O) groups is 2. The average molecular weight is 498 g/mol. The number of thiazole rings is 1. The minimum Gasteiger partial charge on any atom is -0.330 e. The van der Waals surface area contributed by atoms with Crippen molar-refractivity contribution in [3.05, 3.63) is 81.7 Å². The zero-order valence-electron chi connectivity index (χ0n) is 19.4. The first-order valence-corrected chi connectivity index (χ1v) is 12.7. The number of fused-ring (bicyclic) bond motifs is 2. The normalized spacial score (nSPS) is 17.1. The molecule has 0 radical (unpaired) electrons. The van der Waals surface area contributed by atoms with Gasteiger partial charge in [-0.15, -0.1) is 11.3 Å². The fraction of sp³-hybridized carbons (Fsp3) is 0.269. The van der Waals surface area contributed by atoms with Crippen molar-refractivity contribution in [3.8, 4) is 6.07 Å². The first kappa shape index (κ1) is 22.4. The van der Waals surface area contributed by atoms with E-state index in [0.29, 0.717) is 34.1 Å². The van der Waals surface area contributed by atoms with Gasteiger partial charge in [-0.05, 0) is 42.7 Å². The summed E-state index contributed by atoms with van der Waals surface area (Å²) in [6, 6.07) is 12.8. The molecule has 9 nitrogen and oxygen atoms in total. The van der Waals surface area contributed by atoms with Crippen LogP contribution in [-0.4, -0.2) is 44.2 Å². The summed E-state index contributed by atoms with van der Waals surface area (Å²) in [7, 11) is 0. The number of hydrogen-bond acceptors (Lipinski definition) is 7. The fourth-order valence-electron chi connectivity index (χ4n) is 4.90. The molecular weight excluding hydrogens is 474 g/mol. The third-order valence-electron chi connectivity index (χ3n) is 6.67. The van der Waals surface area contributed by atoms with Crippen LogP contribution < -0.4 is 10.6 Å². The first-order chi connectivity index (χ1) is 17.6. The van der Waals surface area contributed by atoms with Gasteiger partial charge in [0.1, 0.15) is 17.4 Å². The maximum Gasteiger partial charge on any atom is 0.274 e. The molecule has 36 heavy (non-hydrogen) atoms. The number of rotatable bonds is 4. The Kier molecular flexibility index (Phi) is 5.71. The Morgan fingerprint density at radius 1 is 1.19 bits per heavy atom. The van der Waals surface area contributed by atoms with Gasteiger partial charge in [0.2, 0.25) is 0 Å². The molecule has 1 saturated heterocycles. The number of amides is 2. The highest BCUT2D eigenvalue weighted by atomic mass is 32.1. The largest absolute Gasteiger partial charge is 0.330 e. The molecule has 4 aromatic rings. The summed E-state index contributed by atoms with van der Waals surface area (Å²) >= 11 is 1.51. The second kappa shape index (κ2) is 9.18. The van der Waals surface area contributed by atoms with Crippen molar-refractivity contribution >= 4 is 33.9 Å². The molecule has 1 aromatic carbocycles. The van der Waals surface area contributed by atoms with Crippen LogP contribution in [-0.2, 0) is 13.0 Å². The van der Waals surface area contributed by atoms with E-state index in [4.69, 9.17) is 5.26 Å². The van der Waals surface area contributed by atoms with Crippen molar-refractivity contribution in [2.24, 2.45) is 0 Å². The lowest BCUT2D eigenvalue weighted by Crippen LogP contribution is -2.31. The minimum atomic E-state index is -0.208. The van der Waals surface area contributed by atoms with Gasteiger partial charge in [0.05, 0.1) is 17.3 Å². The van der Waals surface area contributed by atoms with Gasteiger partial charge in [0.25, 0.3) is 11.8 Å². The lowest BCUT2D eigenvalue weighted by atomic mass is 10.0. The zero-order chi connectivity index (χ0) is 24.6. The Balaban J connectivity index is 1.21. The number of hydrogen-bond donors (Lipinski definition) is 2. The minimum absolute atomic E-state index is 0.136. The van der Waals surface area contributed by atoms with Crippen LogP contribution in [0, 0.1) is 11.3 Å². The van der Waals surface area contributed by atoms with Gasteiger partial charge in [-0.3, -0.25) is 14.9 Å². The Labute approximate surface area is 211 Å². The van der Waals surface area contributed by atoms with Gasteiger partial charge >= 0.3 is 0 Å². The van der Waals surface area contributed by atoms with Crippen molar-refractivity contribution in [2.75, 3.05) is 18.4 Å². The summed E-state index contributed by atoms with van der Waals surface area (Å²) in [5.41, 5.74) is 3.97. The molecule has 180 valence electrons. The van der Waals surface area contributed by atoms with Crippen LogP contribution in [0.2, 0.25) is 0 Å². The highest BCUT2D eigenvalue weighted by Crippen LogP contribution is 2.34. The highest BCUT2D eigenvalue weighted by Gasteiger charge is 2.32. The number of anilines is 1. The van der Waals surface area contributed by atoms with Gasteiger partial charge in [0, 0.05) is 48.9 Å². The van der Waals surface area contributed by atoms with Gasteiger partial charge in [-0.25, -0.2) is 9.97 Å². The number of aromatic nitrogens is 3. The average Bonchev–Trinajstić information content (AvgIpc) is 3.65. The van der Waals surface area contributed by atoms with Crippen LogP contribution in [0.1, 0.15) is 61.4 Å². The predicted octanol–water partition coefficient (Wildman–Crippen LogP) is 3.54. The van der Waals surface area contributed by atoms with E-state index in [1.165, 1.54) is 16.2 Å². The molecular formula is C26H23N7O2S. The predicted molar refractivity (Wildman–Crippen MR) is 135 cm³/mol. The summed E-state index contributed by atoms with van der Waals surface area (Å²) < 4.78 is 1.70. The Hall–Kier alpha value is -4.07. The smallest absolute Gasteiger partial charge is 0.274 e. The molecule has 0 spiro atoms. The molecule has 0 bridgehead atoms. The van der Waals surface area contributed by atoms with Gasteiger partial charge in [-0.2, -0.15) is 5.26 Å². The molecule has 3 aromatic heterocycles. The zero-order valence-corrected chi connectivity index (χ0v) is 20.2. The molecule has 0 aliphatic carbocycles. The van der Waals surface area contributed by atoms with Crippen LogP contribution in [0.15, 0.2) is 48.8 Å². The van der Waals surface area contributed by atoms with Crippen molar-refractivity contribution in [3.63, 3.8) is 0 Å². The molecule has 0 saturated carbocycles. The molecule has 2 amide bonds. The quantitative estimate of drug-likeness (QED) is 0.446. The Bertz CT molecular complexity index is 1510. The van der Waals surface area contributed by atoms with E-state index in [2.05, 4.69) is 26.7 Å². The number of likely N-dealkylation sites (tertiary alicyclic amines) is 1. The van der Waals surface area contributed by atoms with Gasteiger partial charge in [-0.1, -0.05) is 12.1 Å². The van der Waals surface area contributed by atoms with E-state index in [0.717, 1.165) is 43.6 Å². The molecule has 0 unspecified atom stereocenters. The van der Waals surface area contributed by atoms with Crippen LogP contribution in [0.3, 0.4) is 0 Å². The van der Waals surface area contributed by atoms with Crippen LogP contribution in [0.4, 0.5) is 5.13 Å². The summed E-state index contributed by atoms with van der Waals surface area (Å²) in [4.78, 5) is 38.5. The molecule has 1 atom stereocenters. The van der Waals surface area contributed by atoms with Crippen molar-refractivity contribution in [1.29, 1.82) is 5.26 Å². The van der Waals surface area contributed by atoms with E-state index in [1.807, 2.05) is 23.1 Å². The van der Waals surface area contributed by atoms with E-state index >= 15 is 0 Å². The second-order valence-electron chi connectivity index (χ2n) is 8.97. The topological polar surface area (TPSA) is 115 Å². The van der Waals surface area contributed by atoms with Crippen LogP contribution >= 0.6 is 11.3 Å². The number of nitrogens with zero attached hydrogens (tertiary/aromatic N) is 5. The third kappa shape index (κ3) is 4.12. The number of nitriles is 1. The van der Waals surface area contributed by atoms with Gasteiger partial charge in [0.15, 0.2) is 5.13 Å². The third-order valence-corrected chi connectivity index (χ3v) is 7.68. The monoisotopic (exact) mass is 497 g/mol. The standard InChI is InChI=1S/C26H23N7O2S/c27-12-16-6-7-23-29-20(15-32(23)14-16)25(35)33-10-2-5-21(33)17-3-1-4-18(11-17)24(34)31-26-30-19-8-9-28-13-22(19)36-26/h1,3-4,6-7,11,14-15,21,28H,2,5,8-10,13H2,(H,30,31,34)/t21-/m1/s1. The van der Waals surface area contributed by atoms with E-state index in [-0.39, 0.29) is 17.9 Å². The summed E-state index contributed by atoms with van der Waals surface area (Å²) in [6.07, 6.45) is 5.89. The summed E-state index contributed by atoms with van der Waals surface area (Å²) in [5.74, 6) is -0.364. The Morgan fingerprint density at radius 2 is 2.11 bits per heavy atom. The maximum atomic E-state index is 13.4. The fourth-order valence-corrected chi connectivity index (χ4v) is 5.87. The van der Waals surface area contributed by atoms with Gasteiger partial charge < -0.3 is 14.6 Å².